The number of rotatable bonds is 3. The van der Waals surface area contributed by atoms with E-state index in [-0.39, 0.29) is 0 Å². The van der Waals surface area contributed by atoms with Gasteiger partial charge in [0.15, 0.2) is 0 Å². The van der Waals surface area contributed by atoms with Crippen molar-refractivity contribution < 1.29 is 0 Å². The quantitative estimate of drug-likeness (QED) is 0.794. The smallest absolute Gasteiger partial charge is 0.0189 e. The second kappa shape index (κ2) is 5.04. The van der Waals surface area contributed by atoms with E-state index in [1.807, 2.05) is 11.8 Å². The van der Waals surface area contributed by atoms with Crippen LogP contribution in [-0.2, 0) is 12.8 Å². The third-order valence-corrected chi connectivity index (χ3v) is 4.11. The zero-order valence-electron chi connectivity index (χ0n) is 9.33. The van der Waals surface area contributed by atoms with Gasteiger partial charge in [0.1, 0.15) is 0 Å². The number of aryl methyl sites for hydroxylation is 2. The van der Waals surface area contributed by atoms with Gasteiger partial charge in [-0.2, -0.15) is 0 Å². The molecule has 0 saturated heterocycles. The van der Waals surface area contributed by atoms with Gasteiger partial charge in [-0.05, 0) is 48.9 Å². The minimum absolute atomic E-state index is 0.520. The van der Waals surface area contributed by atoms with Crippen LogP contribution in [0.4, 0.5) is 0 Å². The van der Waals surface area contributed by atoms with Gasteiger partial charge in [-0.25, -0.2) is 0 Å². The van der Waals surface area contributed by atoms with Crippen molar-refractivity contribution >= 4 is 11.8 Å². The Balaban J connectivity index is 2.13. The molecule has 1 unspecified atom stereocenters. The van der Waals surface area contributed by atoms with Crippen molar-refractivity contribution in [1.82, 2.24) is 0 Å². The second-order valence-electron chi connectivity index (χ2n) is 4.30. The van der Waals surface area contributed by atoms with Gasteiger partial charge in [0.05, 0.1) is 0 Å². The van der Waals surface area contributed by atoms with Crippen molar-refractivity contribution in [2.24, 2.45) is 5.73 Å². The van der Waals surface area contributed by atoms with Crippen LogP contribution >= 0.6 is 11.8 Å². The first-order chi connectivity index (χ1) is 7.29. The molecule has 82 valence electrons. The molecule has 0 aliphatic heterocycles. The Bertz CT molecular complexity index is 335. The van der Waals surface area contributed by atoms with Crippen molar-refractivity contribution in [3.8, 4) is 0 Å². The Morgan fingerprint density at radius 2 is 2.00 bits per heavy atom. The van der Waals surface area contributed by atoms with Gasteiger partial charge in [-0.1, -0.05) is 13.0 Å². The molecular formula is C13H19NS. The Morgan fingerprint density at radius 1 is 1.27 bits per heavy atom. The Morgan fingerprint density at radius 3 is 2.73 bits per heavy atom. The fourth-order valence-electron chi connectivity index (χ4n) is 2.06. The standard InChI is InChI=1S/C13H19NS/c1-10(9-14)15-13-7-6-11-4-2-3-5-12(11)8-13/h6-8,10H,2-5,9,14H2,1H3. The monoisotopic (exact) mass is 221 g/mol. The van der Waals surface area contributed by atoms with Crippen LogP contribution in [-0.4, -0.2) is 11.8 Å². The third kappa shape index (κ3) is 2.76. The van der Waals surface area contributed by atoms with Crippen LogP contribution in [0.2, 0.25) is 0 Å². The molecule has 1 aliphatic rings. The van der Waals surface area contributed by atoms with Crippen LogP contribution in [0.25, 0.3) is 0 Å². The van der Waals surface area contributed by atoms with Crippen molar-refractivity contribution in [1.29, 1.82) is 0 Å². The van der Waals surface area contributed by atoms with E-state index in [2.05, 4.69) is 25.1 Å². The van der Waals surface area contributed by atoms with Crippen molar-refractivity contribution in [3.63, 3.8) is 0 Å². The molecular weight excluding hydrogens is 202 g/mol. The lowest BCUT2D eigenvalue weighted by Crippen LogP contribution is -2.12. The van der Waals surface area contributed by atoms with Crippen LogP contribution in [0.1, 0.15) is 30.9 Å². The maximum absolute atomic E-state index is 5.64. The second-order valence-corrected chi connectivity index (χ2v) is 5.81. The maximum atomic E-state index is 5.64. The minimum Gasteiger partial charge on any atom is -0.329 e. The predicted octanol–water partition coefficient (Wildman–Crippen LogP) is 3.00. The minimum atomic E-state index is 0.520. The molecule has 1 aliphatic carbocycles. The summed E-state index contributed by atoms with van der Waals surface area (Å²) in [5, 5.41) is 0.520. The molecule has 1 aromatic rings. The molecule has 1 atom stereocenters. The Hall–Kier alpha value is -0.470. The normalized spacial score (nSPS) is 17.2. The molecule has 0 spiro atoms. The summed E-state index contributed by atoms with van der Waals surface area (Å²) in [6.07, 6.45) is 5.25. The van der Waals surface area contributed by atoms with E-state index in [1.165, 1.54) is 30.6 Å². The highest BCUT2D eigenvalue weighted by atomic mass is 32.2. The lowest BCUT2D eigenvalue weighted by molar-refractivity contribution is 0.683. The van der Waals surface area contributed by atoms with Gasteiger partial charge in [0, 0.05) is 16.7 Å². The van der Waals surface area contributed by atoms with Crippen LogP contribution in [0.5, 0.6) is 0 Å². The van der Waals surface area contributed by atoms with E-state index in [9.17, 15) is 0 Å². The number of thioether (sulfide) groups is 1. The molecule has 2 heteroatoms. The number of fused-ring (bicyclic) bond motifs is 1. The summed E-state index contributed by atoms with van der Waals surface area (Å²) in [7, 11) is 0. The topological polar surface area (TPSA) is 26.0 Å². The Kier molecular flexibility index (Phi) is 3.71. The summed E-state index contributed by atoms with van der Waals surface area (Å²) in [5.74, 6) is 0. The van der Waals surface area contributed by atoms with E-state index in [1.54, 1.807) is 11.1 Å². The maximum Gasteiger partial charge on any atom is 0.0189 e. The fraction of sp³-hybridized carbons (Fsp3) is 0.538. The summed E-state index contributed by atoms with van der Waals surface area (Å²) in [6.45, 7) is 2.94. The van der Waals surface area contributed by atoms with E-state index in [0.29, 0.717) is 5.25 Å². The molecule has 0 aromatic heterocycles. The first-order valence-corrected chi connectivity index (χ1v) is 6.66. The lowest BCUT2D eigenvalue weighted by Gasteiger charge is -2.17. The van der Waals surface area contributed by atoms with Crippen LogP contribution < -0.4 is 5.73 Å². The predicted molar refractivity (Wildman–Crippen MR) is 67.5 cm³/mol. The lowest BCUT2D eigenvalue weighted by atomic mass is 9.92. The molecule has 2 rings (SSSR count). The van der Waals surface area contributed by atoms with E-state index >= 15 is 0 Å². The van der Waals surface area contributed by atoms with Gasteiger partial charge >= 0.3 is 0 Å². The SMILES string of the molecule is CC(CN)Sc1ccc2c(c1)CCCC2. The summed E-state index contributed by atoms with van der Waals surface area (Å²) in [5.41, 5.74) is 8.76. The van der Waals surface area contributed by atoms with Gasteiger partial charge in [-0.3, -0.25) is 0 Å². The van der Waals surface area contributed by atoms with E-state index < -0.39 is 0 Å². The molecule has 0 radical (unpaired) electrons. The van der Waals surface area contributed by atoms with Crippen molar-refractivity contribution in [2.45, 2.75) is 42.8 Å². The van der Waals surface area contributed by atoms with Crippen LogP contribution in [0, 0.1) is 0 Å². The largest absolute Gasteiger partial charge is 0.329 e. The first-order valence-electron chi connectivity index (χ1n) is 5.78. The molecule has 0 fully saturated rings. The van der Waals surface area contributed by atoms with Gasteiger partial charge in [0.2, 0.25) is 0 Å². The highest BCUT2D eigenvalue weighted by molar-refractivity contribution is 8.00. The number of hydrogen-bond donors (Lipinski definition) is 1. The van der Waals surface area contributed by atoms with E-state index in [4.69, 9.17) is 5.73 Å². The molecule has 1 aromatic carbocycles. The van der Waals surface area contributed by atoms with Crippen LogP contribution in [0.15, 0.2) is 23.1 Å². The number of benzene rings is 1. The van der Waals surface area contributed by atoms with Gasteiger partial charge in [0.25, 0.3) is 0 Å². The molecule has 15 heavy (non-hydrogen) atoms. The molecule has 1 nitrogen and oxygen atoms in total. The zero-order valence-corrected chi connectivity index (χ0v) is 10.1. The third-order valence-electron chi connectivity index (χ3n) is 2.99. The summed E-state index contributed by atoms with van der Waals surface area (Å²) in [4.78, 5) is 1.38. The first kappa shape index (κ1) is 11.0. The number of nitrogens with two attached hydrogens (primary N) is 1. The molecule has 2 N–H and O–H groups in total. The van der Waals surface area contributed by atoms with Crippen molar-refractivity contribution in [2.75, 3.05) is 6.54 Å². The van der Waals surface area contributed by atoms with Crippen LogP contribution in [0.3, 0.4) is 0 Å². The molecule has 0 amide bonds. The summed E-state index contributed by atoms with van der Waals surface area (Å²) in [6, 6.07) is 6.92. The average Bonchev–Trinajstić information content (AvgIpc) is 2.29. The highest BCUT2D eigenvalue weighted by Crippen LogP contribution is 2.28. The van der Waals surface area contributed by atoms with Gasteiger partial charge in [-0.15, -0.1) is 11.8 Å². The molecule has 0 bridgehead atoms. The summed E-state index contributed by atoms with van der Waals surface area (Å²) >= 11 is 1.89. The summed E-state index contributed by atoms with van der Waals surface area (Å²) < 4.78 is 0. The average molecular weight is 221 g/mol. The number of hydrogen-bond acceptors (Lipinski definition) is 2. The molecule has 0 saturated carbocycles. The Labute approximate surface area is 96.4 Å². The van der Waals surface area contributed by atoms with E-state index in [0.717, 1.165) is 6.54 Å². The molecule has 0 heterocycles. The van der Waals surface area contributed by atoms with Gasteiger partial charge < -0.3 is 5.73 Å². The zero-order chi connectivity index (χ0) is 10.7. The fourth-order valence-corrected chi connectivity index (χ4v) is 2.98. The highest BCUT2D eigenvalue weighted by Gasteiger charge is 2.10. The van der Waals surface area contributed by atoms with Crippen molar-refractivity contribution in [3.05, 3.63) is 29.3 Å².